The highest BCUT2D eigenvalue weighted by atomic mass is 16.6. The third kappa shape index (κ3) is 4.25. The lowest BCUT2D eigenvalue weighted by molar-refractivity contribution is -0.150. The molecule has 3 rings (SSSR count). The predicted molar refractivity (Wildman–Crippen MR) is 107 cm³/mol. The van der Waals surface area contributed by atoms with E-state index in [1.165, 1.54) is 5.56 Å². The molecular formula is C23H24O5. The smallest absolute Gasteiger partial charge is 0.347 e. The molecule has 5 heteroatoms. The molecule has 1 atom stereocenters. The van der Waals surface area contributed by atoms with Crippen LogP contribution < -0.4 is 9.47 Å². The number of hydrogen-bond acceptors (Lipinski definition) is 5. The van der Waals surface area contributed by atoms with Crippen LogP contribution in [0.3, 0.4) is 0 Å². The molecule has 1 heterocycles. The zero-order chi connectivity index (χ0) is 20.3. The van der Waals surface area contributed by atoms with Crippen LogP contribution in [0, 0.1) is 0 Å². The number of fused-ring (bicyclic) bond motifs is 1. The molecular weight excluding hydrogens is 356 g/mol. The first-order chi connectivity index (χ1) is 13.4. The van der Waals surface area contributed by atoms with E-state index in [1.54, 1.807) is 38.1 Å². The number of esters is 1. The van der Waals surface area contributed by atoms with Gasteiger partial charge in [0, 0.05) is 6.07 Å². The Hall–Kier alpha value is -3.08. The Morgan fingerprint density at radius 1 is 1.11 bits per heavy atom. The van der Waals surface area contributed by atoms with Crippen molar-refractivity contribution >= 4 is 17.8 Å². The third-order valence-electron chi connectivity index (χ3n) is 4.47. The highest BCUT2D eigenvalue weighted by molar-refractivity contribution is 6.14. The Morgan fingerprint density at radius 3 is 2.46 bits per heavy atom. The zero-order valence-corrected chi connectivity index (χ0v) is 16.5. The molecule has 0 aromatic heterocycles. The summed E-state index contributed by atoms with van der Waals surface area (Å²) in [6.07, 6.45) is 0.985. The monoisotopic (exact) mass is 380 g/mol. The second-order valence-electron chi connectivity index (χ2n) is 6.93. The van der Waals surface area contributed by atoms with Gasteiger partial charge in [-0.15, -0.1) is 0 Å². The summed E-state index contributed by atoms with van der Waals surface area (Å²) in [4.78, 5) is 24.3. The van der Waals surface area contributed by atoms with Gasteiger partial charge in [0.1, 0.15) is 11.5 Å². The molecule has 0 saturated carbocycles. The molecule has 0 spiro atoms. The summed E-state index contributed by atoms with van der Waals surface area (Å²) >= 11 is 0. The molecule has 1 aliphatic rings. The van der Waals surface area contributed by atoms with E-state index < -0.39 is 12.1 Å². The lowest BCUT2D eigenvalue weighted by Crippen LogP contribution is -2.26. The number of ketones is 1. The molecule has 0 saturated heterocycles. The van der Waals surface area contributed by atoms with E-state index in [2.05, 4.69) is 13.8 Å². The van der Waals surface area contributed by atoms with Crippen LogP contribution in [0.15, 0.2) is 48.2 Å². The van der Waals surface area contributed by atoms with Crippen molar-refractivity contribution in [3.8, 4) is 11.5 Å². The molecule has 0 radical (unpaired) electrons. The lowest BCUT2D eigenvalue weighted by atomic mass is 10.0. The number of carbonyl (C=O) groups excluding carboxylic acids is 2. The SMILES string of the molecule is CCOC(=O)[C@@H](C)Oc1ccc2c(c1)OC(=Cc1ccc(C(C)C)cc1)C2=O. The molecule has 0 aliphatic carbocycles. The van der Waals surface area contributed by atoms with Crippen molar-refractivity contribution in [1.82, 2.24) is 0 Å². The van der Waals surface area contributed by atoms with Gasteiger partial charge in [0.2, 0.25) is 5.78 Å². The van der Waals surface area contributed by atoms with Crippen LogP contribution in [0.5, 0.6) is 11.5 Å². The largest absolute Gasteiger partial charge is 0.479 e. The highest BCUT2D eigenvalue weighted by Crippen LogP contribution is 2.35. The van der Waals surface area contributed by atoms with Crippen LogP contribution in [0.1, 0.15) is 55.1 Å². The minimum atomic E-state index is -0.746. The minimum Gasteiger partial charge on any atom is -0.479 e. The predicted octanol–water partition coefficient (Wildman–Crippen LogP) is 4.76. The van der Waals surface area contributed by atoms with Crippen molar-refractivity contribution in [2.24, 2.45) is 0 Å². The fourth-order valence-electron chi connectivity index (χ4n) is 2.88. The Kier molecular flexibility index (Phi) is 5.83. The fraction of sp³-hybridized carbons (Fsp3) is 0.304. The van der Waals surface area contributed by atoms with Crippen LogP contribution in [0.2, 0.25) is 0 Å². The van der Waals surface area contributed by atoms with E-state index in [-0.39, 0.29) is 11.5 Å². The van der Waals surface area contributed by atoms with Crippen molar-refractivity contribution in [1.29, 1.82) is 0 Å². The Bertz CT molecular complexity index is 909. The average Bonchev–Trinajstić information content (AvgIpc) is 2.97. The molecule has 0 N–H and O–H groups in total. The van der Waals surface area contributed by atoms with Gasteiger partial charge in [-0.05, 0) is 49.1 Å². The summed E-state index contributed by atoms with van der Waals surface area (Å²) in [7, 11) is 0. The Balaban J connectivity index is 1.76. The van der Waals surface area contributed by atoms with Crippen molar-refractivity contribution in [3.63, 3.8) is 0 Å². The molecule has 0 unspecified atom stereocenters. The van der Waals surface area contributed by atoms with Crippen LogP contribution in [0.4, 0.5) is 0 Å². The summed E-state index contributed by atoms with van der Waals surface area (Å²) in [6, 6.07) is 12.9. The maximum atomic E-state index is 12.6. The molecule has 0 amide bonds. The van der Waals surface area contributed by atoms with Gasteiger partial charge in [0.05, 0.1) is 12.2 Å². The van der Waals surface area contributed by atoms with E-state index in [1.807, 2.05) is 24.3 Å². The molecule has 146 valence electrons. The minimum absolute atomic E-state index is 0.173. The average molecular weight is 380 g/mol. The zero-order valence-electron chi connectivity index (χ0n) is 16.5. The first-order valence-electron chi connectivity index (χ1n) is 9.40. The first kappa shape index (κ1) is 19.7. The Labute approximate surface area is 164 Å². The van der Waals surface area contributed by atoms with Crippen LogP contribution in [-0.4, -0.2) is 24.5 Å². The molecule has 28 heavy (non-hydrogen) atoms. The first-order valence-corrected chi connectivity index (χ1v) is 9.40. The van der Waals surface area contributed by atoms with E-state index in [9.17, 15) is 9.59 Å². The van der Waals surface area contributed by atoms with Gasteiger partial charge in [-0.3, -0.25) is 4.79 Å². The Morgan fingerprint density at radius 2 is 1.82 bits per heavy atom. The second-order valence-corrected chi connectivity index (χ2v) is 6.93. The topological polar surface area (TPSA) is 61.8 Å². The standard InChI is InChI=1S/C23H24O5/c1-5-26-23(25)15(4)27-18-10-11-19-20(13-18)28-21(22(19)24)12-16-6-8-17(9-7-16)14(2)3/h6-15H,5H2,1-4H3/t15-/m1/s1. The normalized spacial score (nSPS) is 15.3. The van der Waals surface area contributed by atoms with Crippen molar-refractivity contribution in [2.75, 3.05) is 6.61 Å². The lowest BCUT2D eigenvalue weighted by Gasteiger charge is -2.13. The van der Waals surface area contributed by atoms with Gasteiger partial charge in [-0.1, -0.05) is 38.1 Å². The summed E-state index contributed by atoms with van der Waals surface area (Å²) in [5.74, 6) is 0.963. The van der Waals surface area contributed by atoms with E-state index >= 15 is 0 Å². The van der Waals surface area contributed by atoms with E-state index in [0.717, 1.165) is 5.56 Å². The molecule has 0 fully saturated rings. The molecule has 2 aromatic rings. The summed E-state index contributed by atoms with van der Waals surface area (Å²) < 4.78 is 16.3. The van der Waals surface area contributed by atoms with Crippen molar-refractivity contribution in [2.45, 2.75) is 39.7 Å². The third-order valence-corrected chi connectivity index (χ3v) is 4.47. The van der Waals surface area contributed by atoms with Gasteiger partial charge in [-0.2, -0.15) is 0 Å². The number of Topliss-reactive ketones (excluding diaryl/α,β-unsaturated/α-hetero) is 1. The molecule has 0 bridgehead atoms. The fourth-order valence-corrected chi connectivity index (χ4v) is 2.88. The number of carbonyl (C=O) groups is 2. The molecule has 2 aromatic carbocycles. The van der Waals surface area contributed by atoms with Gasteiger partial charge < -0.3 is 14.2 Å². The van der Waals surface area contributed by atoms with Crippen LogP contribution >= 0.6 is 0 Å². The van der Waals surface area contributed by atoms with E-state index in [0.29, 0.717) is 29.6 Å². The number of rotatable bonds is 6. The maximum absolute atomic E-state index is 12.6. The number of allylic oxidation sites excluding steroid dienone is 1. The number of ether oxygens (including phenoxy) is 3. The summed E-state index contributed by atoms with van der Waals surface area (Å²) in [6.45, 7) is 7.92. The summed E-state index contributed by atoms with van der Waals surface area (Å²) in [5.41, 5.74) is 2.61. The molecule has 1 aliphatic heterocycles. The van der Waals surface area contributed by atoms with Gasteiger partial charge >= 0.3 is 5.97 Å². The maximum Gasteiger partial charge on any atom is 0.347 e. The highest BCUT2D eigenvalue weighted by Gasteiger charge is 2.28. The van der Waals surface area contributed by atoms with Gasteiger partial charge in [0.15, 0.2) is 11.9 Å². The quantitative estimate of drug-likeness (QED) is 0.534. The number of hydrogen-bond donors (Lipinski definition) is 0. The molecule has 5 nitrogen and oxygen atoms in total. The van der Waals surface area contributed by atoms with Crippen LogP contribution in [-0.2, 0) is 9.53 Å². The number of benzene rings is 2. The summed E-state index contributed by atoms with van der Waals surface area (Å²) in [5, 5.41) is 0. The van der Waals surface area contributed by atoms with Crippen molar-refractivity contribution < 1.29 is 23.8 Å². The van der Waals surface area contributed by atoms with Gasteiger partial charge in [0.25, 0.3) is 0 Å². The van der Waals surface area contributed by atoms with Crippen LogP contribution in [0.25, 0.3) is 6.08 Å². The van der Waals surface area contributed by atoms with Gasteiger partial charge in [-0.25, -0.2) is 4.79 Å². The van der Waals surface area contributed by atoms with E-state index in [4.69, 9.17) is 14.2 Å². The van der Waals surface area contributed by atoms with Crippen molar-refractivity contribution in [3.05, 3.63) is 64.9 Å². The second kappa shape index (κ2) is 8.30.